The van der Waals surface area contributed by atoms with E-state index in [1.54, 1.807) is 35.4 Å². The van der Waals surface area contributed by atoms with E-state index in [1.807, 2.05) is 10.6 Å². The topological polar surface area (TPSA) is 71.8 Å². The Morgan fingerprint density at radius 1 is 1.46 bits per heavy atom. The van der Waals surface area contributed by atoms with Gasteiger partial charge in [0, 0.05) is 25.2 Å². The monoisotopic (exact) mass is 392 g/mol. The highest BCUT2D eigenvalue weighted by atomic mass is 79.9. The molecule has 0 aliphatic rings. The summed E-state index contributed by atoms with van der Waals surface area (Å²) >= 11 is 3.30. The van der Waals surface area contributed by atoms with Gasteiger partial charge in [-0.15, -0.1) is 6.58 Å². The van der Waals surface area contributed by atoms with Crippen LogP contribution in [0.3, 0.4) is 0 Å². The van der Waals surface area contributed by atoms with Gasteiger partial charge in [-0.25, -0.2) is 0 Å². The molecule has 0 aliphatic heterocycles. The third kappa shape index (κ3) is 3.18. The van der Waals surface area contributed by atoms with Gasteiger partial charge in [0.25, 0.3) is 5.91 Å². The number of allylic oxidation sites excluding steroid dienone is 1. The molecule has 0 saturated heterocycles. The van der Waals surface area contributed by atoms with Crippen LogP contribution in [0.5, 0.6) is 0 Å². The Labute approximate surface area is 147 Å². The summed E-state index contributed by atoms with van der Waals surface area (Å²) in [7, 11) is 0. The van der Waals surface area contributed by atoms with E-state index in [0.717, 1.165) is 5.52 Å². The van der Waals surface area contributed by atoms with Gasteiger partial charge in [0.15, 0.2) is 10.3 Å². The number of fused-ring (bicyclic) bond motifs is 1. The average Bonchev–Trinajstić information content (AvgIpc) is 3.25. The van der Waals surface area contributed by atoms with Crippen molar-refractivity contribution in [1.29, 1.82) is 0 Å². The van der Waals surface area contributed by atoms with E-state index in [-0.39, 0.29) is 25.6 Å². The van der Waals surface area contributed by atoms with E-state index in [4.69, 9.17) is 8.83 Å². The van der Waals surface area contributed by atoms with Crippen molar-refractivity contribution in [2.24, 2.45) is 0 Å². The SMILES string of the molecule is C=CCn1c(C(=O)N(CCO)Cc2ccco2)cc2oc(Br)cc21. The summed E-state index contributed by atoms with van der Waals surface area (Å²) in [6.45, 7) is 4.60. The van der Waals surface area contributed by atoms with Gasteiger partial charge in [-0.3, -0.25) is 4.79 Å². The second-order valence-corrected chi connectivity index (χ2v) is 6.04. The highest BCUT2D eigenvalue weighted by molar-refractivity contribution is 9.10. The van der Waals surface area contributed by atoms with Crippen molar-refractivity contribution in [1.82, 2.24) is 9.47 Å². The number of amides is 1. The van der Waals surface area contributed by atoms with Crippen LogP contribution in [0, 0.1) is 0 Å². The number of halogens is 1. The lowest BCUT2D eigenvalue weighted by Gasteiger charge is -2.21. The van der Waals surface area contributed by atoms with Crippen molar-refractivity contribution in [2.45, 2.75) is 13.1 Å². The molecule has 0 spiro atoms. The smallest absolute Gasteiger partial charge is 0.271 e. The number of carbonyl (C=O) groups is 1. The second-order valence-electron chi connectivity index (χ2n) is 5.26. The Hall–Kier alpha value is -2.25. The number of hydrogen-bond acceptors (Lipinski definition) is 4. The lowest BCUT2D eigenvalue weighted by atomic mass is 10.3. The number of aliphatic hydroxyl groups excluding tert-OH is 1. The maximum atomic E-state index is 13.0. The van der Waals surface area contributed by atoms with Crippen LogP contribution in [0.15, 0.2) is 56.7 Å². The van der Waals surface area contributed by atoms with Crippen LogP contribution < -0.4 is 0 Å². The predicted octanol–water partition coefficient (Wildman–Crippen LogP) is 3.41. The fourth-order valence-electron chi connectivity index (χ4n) is 2.64. The van der Waals surface area contributed by atoms with Gasteiger partial charge in [0.05, 0.1) is 24.9 Å². The summed E-state index contributed by atoms with van der Waals surface area (Å²) in [6.07, 6.45) is 3.28. The lowest BCUT2D eigenvalue weighted by molar-refractivity contribution is 0.0685. The fourth-order valence-corrected chi connectivity index (χ4v) is 3.03. The highest BCUT2D eigenvalue weighted by Crippen LogP contribution is 2.28. The molecule has 0 bridgehead atoms. The molecule has 0 saturated carbocycles. The van der Waals surface area contributed by atoms with E-state index >= 15 is 0 Å². The molecule has 3 aromatic heterocycles. The van der Waals surface area contributed by atoms with Crippen molar-refractivity contribution in [3.8, 4) is 0 Å². The van der Waals surface area contributed by atoms with Gasteiger partial charge < -0.3 is 23.4 Å². The molecule has 7 heteroatoms. The van der Waals surface area contributed by atoms with E-state index in [0.29, 0.717) is 28.3 Å². The highest BCUT2D eigenvalue weighted by Gasteiger charge is 2.23. The first kappa shape index (κ1) is 16.6. The van der Waals surface area contributed by atoms with Gasteiger partial charge in [-0.05, 0) is 28.1 Å². The van der Waals surface area contributed by atoms with Crippen molar-refractivity contribution >= 4 is 32.9 Å². The van der Waals surface area contributed by atoms with Crippen molar-refractivity contribution < 1.29 is 18.7 Å². The number of aliphatic hydroxyl groups is 1. The van der Waals surface area contributed by atoms with Crippen molar-refractivity contribution in [3.05, 3.63) is 59.3 Å². The molecule has 0 aromatic carbocycles. The molecule has 3 rings (SSSR count). The summed E-state index contributed by atoms with van der Waals surface area (Å²) in [4.78, 5) is 14.5. The molecule has 0 fully saturated rings. The third-order valence-electron chi connectivity index (χ3n) is 3.67. The Bertz CT molecular complexity index is 848. The molecule has 3 heterocycles. The number of nitrogens with zero attached hydrogens (tertiary/aromatic N) is 2. The molecular weight excluding hydrogens is 376 g/mol. The van der Waals surface area contributed by atoms with E-state index in [1.165, 1.54) is 0 Å². The second kappa shape index (κ2) is 7.11. The Kier molecular flexibility index (Phi) is 4.92. The zero-order chi connectivity index (χ0) is 17.1. The van der Waals surface area contributed by atoms with Gasteiger partial charge in [-0.1, -0.05) is 6.08 Å². The first-order valence-corrected chi connectivity index (χ1v) is 8.25. The van der Waals surface area contributed by atoms with Crippen LogP contribution in [-0.2, 0) is 13.1 Å². The molecule has 24 heavy (non-hydrogen) atoms. The molecule has 1 N–H and O–H groups in total. The van der Waals surface area contributed by atoms with E-state index in [2.05, 4.69) is 22.5 Å². The van der Waals surface area contributed by atoms with Gasteiger partial charge >= 0.3 is 0 Å². The van der Waals surface area contributed by atoms with Crippen molar-refractivity contribution in [3.63, 3.8) is 0 Å². The maximum Gasteiger partial charge on any atom is 0.271 e. The van der Waals surface area contributed by atoms with E-state index < -0.39 is 0 Å². The number of aromatic nitrogens is 1. The number of hydrogen-bond donors (Lipinski definition) is 1. The summed E-state index contributed by atoms with van der Waals surface area (Å²) in [5.41, 5.74) is 1.91. The van der Waals surface area contributed by atoms with Crippen LogP contribution in [0.25, 0.3) is 11.1 Å². The Morgan fingerprint density at radius 3 is 2.96 bits per heavy atom. The molecule has 0 unspecified atom stereocenters. The summed E-state index contributed by atoms with van der Waals surface area (Å²) in [5.74, 6) is 0.454. The van der Waals surface area contributed by atoms with Gasteiger partial charge in [0.2, 0.25) is 0 Å². The van der Waals surface area contributed by atoms with Crippen LogP contribution in [-0.4, -0.2) is 33.6 Å². The third-order valence-corrected chi connectivity index (χ3v) is 4.07. The van der Waals surface area contributed by atoms with Crippen LogP contribution in [0.2, 0.25) is 0 Å². The predicted molar refractivity (Wildman–Crippen MR) is 92.6 cm³/mol. The van der Waals surface area contributed by atoms with Crippen molar-refractivity contribution in [2.75, 3.05) is 13.2 Å². The lowest BCUT2D eigenvalue weighted by Crippen LogP contribution is -2.34. The summed E-state index contributed by atoms with van der Waals surface area (Å²) in [5, 5.41) is 9.30. The Morgan fingerprint density at radius 2 is 2.29 bits per heavy atom. The summed E-state index contributed by atoms with van der Waals surface area (Å²) in [6, 6.07) is 7.09. The molecular formula is C17H17BrN2O4. The minimum atomic E-state index is -0.204. The number of carbonyl (C=O) groups excluding carboxylic acids is 1. The quantitative estimate of drug-likeness (QED) is 0.625. The molecule has 0 atom stereocenters. The minimum Gasteiger partial charge on any atom is -0.467 e. The zero-order valence-electron chi connectivity index (χ0n) is 12.9. The van der Waals surface area contributed by atoms with Crippen LogP contribution in [0.1, 0.15) is 16.2 Å². The first-order chi connectivity index (χ1) is 11.6. The Balaban J connectivity index is 1.96. The largest absolute Gasteiger partial charge is 0.467 e. The fraction of sp³-hybridized carbons (Fsp3) is 0.235. The normalized spacial score (nSPS) is 11.1. The summed E-state index contributed by atoms with van der Waals surface area (Å²) < 4.78 is 13.3. The van der Waals surface area contributed by atoms with Crippen LogP contribution >= 0.6 is 15.9 Å². The van der Waals surface area contributed by atoms with Gasteiger partial charge in [-0.2, -0.15) is 0 Å². The molecule has 3 aromatic rings. The average molecular weight is 393 g/mol. The van der Waals surface area contributed by atoms with Gasteiger partial charge in [0.1, 0.15) is 11.5 Å². The molecule has 0 aliphatic carbocycles. The zero-order valence-corrected chi connectivity index (χ0v) is 14.5. The molecule has 1 amide bonds. The molecule has 0 radical (unpaired) electrons. The van der Waals surface area contributed by atoms with Crippen LogP contribution in [0.4, 0.5) is 0 Å². The first-order valence-electron chi connectivity index (χ1n) is 7.46. The maximum absolute atomic E-state index is 13.0. The molecule has 126 valence electrons. The number of furan rings is 2. The number of rotatable bonds is 7. The molecule has 6 nitrogen and oxygen atoms in total. The standard InChI is InChI=1S/C17H17BrN2O4/c1-2-5-20-13-10-16(18)24-15(13)9-14(20)17(22)19(6-7-21)11-12-4-3-8-23-12/h2-4,8-10,21H,1,5-7,11H2. The minimum absolute atomic E-state index is 0.129. The van der Waals surface area contributed by atoms with E-state index in [9.17, 15) is 9.90 Å².